The van der Waals surface area contributed by atoms with E-state index in [4.69, 9.17) is 9.47 Å². The maximum Gasteiger partial charge on any atom is 2.00 e. The minimum Gasteiger partial charge on any atom is -0.545 e. The number of hydrogen-bond acceptors (Lipinski definition) is 8. The Morgan fingerprint density at radius 1 is 0.571 bits per heavy atom. The van der Waals surface area contributed by atoms with Crippen LogP contribution in [-0.4, -0.2) is 61.0 Å². The molecule has 8 nitrogen and oxygen atoms in total. The molecule has 268 valence electrons. The summed E-state index contributed by atoms with van der Waals surface area (Å²) in [6.45, 7) is 15.9. The van der Waals surface area contributed by atoms with Gasteiger partial charge in [0.15, 0.2) is 0 Å². The van der Waals surface area contributed by atoms with Crippen LogP contribution in [0.1, 0.15) is 146 Å². The smallest absolute Gasteiger partial charge is 0.545 e. The third kappa shape index (κ3) is 27.1. The van der Waals surface area contributed by atoms with Crippen LogP contribution in [0.25, 0.3) is 0 Å². The van der Waals surface area contributed by atoms with E-state index in [1.165, 1.54) is 101 Å². The van der Waals surface area contributed by atoms with Gasteiger partial charge in [0.25, 0.3) is 0 Å². The second-order valence-corrected chi connectivity index (χ2v) is 10.5. The molecule has 0 aliphatic rings. The summed E-state index contributed by atoms with van der Waals surface area (Å²) in [6, 6.07) is 11.6. The predicted molar refractivity (Wildman–Crippen MR) is 195 cm³/mol. The van der Waals surface area contributed by atoms with Crippen molar-refractivity contribution in [1.29, 1.82) is 0 Å². The Bertz CT molecular complexity index is 1100. The Morgan fingerprint density at radius 2 is 0.878 bits per heavy atom. The van der Waals surface area contributed by atoms with E-state index in [-0.39, 0.29) is 59.4 Å². The molecule has 9 heteroatoms. The van der Waals surface area contributed by atoms with Crippen molar-refractivity contribution in [2.45, 2.75) is 105 Å². The summed E-state index contributed by atoms with van der Waals surface area (Å²) < 4.78 is 9.68. The number of carboxylic acid groups (broad SMARTS) is 2. The molecular formula is C40H56O8Sn. The number of ether oxygens (including phenoxy) is 2. The standard InChI is InChI=1S/2C12H12O4.2C8H17.Sn/c2*1-2-3-8-16-12(15)10-7-5-4-6-9(10)11(13)14;2*1-3-5-7-8-6-4-2;/h2*2-7H,8H2,1H3,(H,13,14);2*1,3-8H2,2H3;/q;;;;+2/p-2/b2*3-2+;;;. The van der Waals surface area contributed by atoms with Crippen LogP contribution in [-0.2, 0) is 9.47 Å². The van der Waals surface area contributed by atoms with Gasteiger partial charge in [0.05, 0.1) is 23.1 Å². The molecular weight excluding hydrogens is 727 g/mol. The molecule has 2 aromatic carbocycles. The topological polar surface area (TPSA) is 133 Å². The minimum atomic E-state index is -1.39. The number of aromatic carboxylic acids is 2. The number of esters is 2. The molecule has 4 radical (unpaired) electrons. The molecule has 0 heterocycles. The summed E-state index contributed by atoms with van der Waals surface area (Å²) in [6.07, 6.45) is 22.7. The van der Waals surface area contributed by atoms with Crippen LogP contribution in [0.2, 0.25) is 0 Å². The van der Waals surface area contributed by atoms with Crippen molar-refractivity contribution < 1.29 is 38.9 Å². The molecule has 0 N–H and O–H groups in total. The van der Waals surface area contributed by atoms with Crippen molar-refractivity contribution in [3.05, 3.63) is 109 Å². The maximum absolute atomic E-state index is 11.5. The molecule has 0 aliphatic heterocycles. The van der Waals surface area contributed by atoms with Crippen molar-refractivity contribution in [1.82, 2.24) is 0 Å². The number of hydrogen-bond donors (Lipinski definition) is 0. The van der Waals surface area contributed by atoms with Gasteiger partial charge in [-0.1, -0.05) is 165 Å². The van der Waals surface area contributed by atoms with Crippen LogP contribution in [0.3, 0.4) is 0 Å². The molecule has 2 rings (SSSR count). The fourth-order valence-corrected chi connectivity index (χ4v) is 3.83. The van der Waals surface area contributed by atoms with Gasteiger partial charge in [-0.25, -0.2) is 9.59 Å². The first-order valence-corrected chi connectivity index (χ1v) is 16.9. The van der Waals surface area contributed by atoms with E-state index in [0.717, 1.165) is 12.8 Å². The zero-order chi connectivity index (χ0) is 36.4. The quantitative estimate of drug-likeness (QED) is 0.0656. The normalized spacial score (nSPS) is 9.92. The third-order valence-corrected chi connectivity index (χ3v) is 6.53. The van der Waals surface area contributed by atoms with Crippen LogP contribution in [0, 0.1) is 13.8 Å². The van der Waals surface area contributed by atoms with E-state index < -0.39 is 23.9 Å². The van der Waals surface area contributed by atoms with E-state index >= 15 is 0 Å². The SMILES string of the molecule is C/C=C/COC(=O)c1ccccc1C(=O)[O-].C/C=C/COC(=O)c1ccccc1C(=O)[O-].[CH2]CCCCCCC.[CH2]CCCCCCC.[Sn+2]. The summed E-state index contributed by atoms with van der Waals surface area (Å²) in [4.78, 5) is 44.4. The summed E-state index contributed by atoms with van der Waals surface area (Å²) in [5.41, 5.74) is -0.306. The number of carbonyl (C=O) groups excluding carboxylic acids is 4. The number of rotatable bonds is 18. The van der Waals surface area contributed by atoms with E-state index in [9.17, 15) is 29.4 Å². The summed E-state index contributed by atoms with van der Waals surface area (Å²) in [7, 11) is 0. The molecule has 0 unspecified atom stereocenters. The summed E-state index contributed by atoms with van der Waals surface area (Å²) >= 11 is 0. The number of unbranched alkanes of at least 4 members (excludes halogenated alkanes) is 10. The number of benzene rings is 2. The largest absolute Gasteiger partial charge is 2.00 e. The molecule has 0 saturated carbocycles. The Hall–Kier alpha value is -3.40. The van der Waals surface area contributed by atoms with Gasteiger partial charge in [0.1, 0.15) is 13.2 Å². The zero-order valence-corrected chi connectivity index (χ0v) is 32.9. The molecule has 0 saturated heterocycles. The number of carbonyl (C=O) groups is 4. The minimum absolute atomic E-state index is 0. The molecule has 49 heavy (non-hydrogen) atoms. The summed E-state index contributed by atoms with van der Waals surface area (Å²) in [5, 5.41) is 21.4. The van der Waals surface area contributed by atoms with Crippen molar-refractivity contribution >= 4 is 47.8 Å². The average molecular weight is 784 g/mol. The van der Waals surface area contributed by atoms with Crippen LogP contribution in [0.4, 0.5) is 0 Å². The van der Waals surface area contributed by atoms with E-state index in [1.807, 2.05) is 0 Å². The fraction of sp³-hybridized carbons (Fsp3) is 0.450. The first-order chi connectivity index (χ1) is 23.2. The average Bonchev–Trinajstić information content (AvgIpc) is 3.09. The maximum atomic E-state index is 11.5. The second-order valence-electron chi connectivity index (χ2n) is 10.5. The van der Waals surface area contributed by atoms with Gasteiger partial charge in [0.2, 0.25) is 0 Å². The third-order valence-electron chi connectivity index (χ3n) is 6.53. The molecule has 0 atom stereocenters. The second kappa shape index (κ2) is 35.9. The van der Waals surface area contributed by atoms with Gasteiger partial charge in [0, 0.05) is 11.1 Å². The van der Waals surface area contributed by atoms with Crippen LogP contribution < -0.4 is 10.2 Å². The van der Waals surface area contributed by atoms with Gasteiger partial charge in [-0.15, -0.1) is 0 Å². The number of carboxylic acids is 2. The van der Waals surface area contributed by atoms with Crippen molar-refractivity contribution in [3.8, 4) is 0 Å². The van der Waals surface area contributed by atoms with E-state index in [0.29, 0.717) is 0 Å². The molecule has 0 amide bonds. The molecule has 0 fully saturated rings. The monoisotopic (exact) mass is 784 g/mol. The van der Waals surface area contributed by atoms with Crippen LogP contribution in [0.5, 0.6) is 0 Å². The first kappa shape index (κ1) is 50.0. The predicted octanol–water partition coefficient (Wildman–Crippen LogP) is 7.55. The van der Waals surface area contributed by atoms with Gasteiger partial charge in [-0.3, -0.25) is 0 Å². The first-order valence-electron chi connectivity index (χ1n) is 16.9. The van der Waals surface area contributed by atoms with Crippen LogP contribution in [0.15, 0.2) is 72.8 Å². The van der Waals surface area contributed by atoms with Gasteiger partial charge in [-0.2, -0.15) is 0 Å². The molecule has 0 bridgehead atoms. The number of allylic oxidation sites excluding steroid dienone is 2. The van der Waals surface area contributed by atoms with Gasteiger partial charge < -0.3 is 29.3 Å². The molecule has 0 spiro atoms. The zero-order valence-electron chi connectivity index (χ0n) is 30.0. The van der Waals surface area contributed by atoms with Crippen molar-refractivity contribution in [2.75, 3.05) is 13.2 Å². The van der Waals surface area contributed by atoms with E-state index in [1.54, 1.807) is 50.3 Å². The Balaban J connectivity index is -0.000000603. The van der Waals surface area contributed by atoms with Crippen LogP contribution >= 0.6 is 0 Å². The Labute approximate surface area is 312 Å². The molecule has 0 aromatic heterocycles. The van der Waals surface area contributed by atoms with Gasteiger partial charge in [-0.05, 0) is 26.0 Å². The molecule has 0 aliphatic carbocycles. The Morgan fingerprint density at radius 3 is 1.14 bits per heavy atom. The summed E-state index contributed by atoms with van der Waals surface area (Å²) in [5.74, 6) is -4.12. The van der Waals surface area contributed by atoms with E-state index in [2.05, 4.69) is 27.7 Å². The van der Waals surface area contributed by atoms with Crippen molar-refractivity contribution in [2.24, 2.45) is 0 Å². The Kier molecular flexibility index (Phi) is 36.6. The van der Waals surface area contributed by atoms with Crippen molar-refractivity contribution in [3.63, 3.8) is 0 Å². The molecule has 2 aromatic rings. The fourth-order valence-electron chi connectivity index (χ4n) is 3.83. The van der Waals surface area contributed by atoms with Gasteiger partial charge >= 0.3 is 35.8 Å².